The Hall–Kier alpha value is -0.720. The van der Waals surface area contributed by atoms with Crippen LogP contribution in [0.15, 0.2) is 10.5 Å². The van der Waals surface area contributed by atoms with Crippen LogP contribution in [0.3, 0.4) is 0 Å². The van der Waals surface area contributed by atoms with Gasteiger partial charge in [-0.1, -0.05) is 0 Å². The van der Waals surface area contributed by atoms with E-state index < -0.39 is 17.7 Å². The summed E-state index contributed by atoms with van der Waals surface area (Å²) >= 11 is 3.09. The van der Waals surface area contributed by atoms with Crippen LogP contribution in [0.25, 0.3) is 0 Å². The highest BCUT2D eigenvalue weighted by atomic mass is 79.9. The summed E-state index contributed by atoms with van der Waals surface area (Å²) in [6, 6.07) is 0.990. The van der Waals surface area contributed by atoms with Crippen LogP contribution in [0.5, 0.6) is 0 Å². The minimum absolute atomic E-state index is 0.118. The second-order valence-corrected chi connectivity index (χ2v) is 5.97. The predicted molar refractivity (Wildman–Crippen MR) is 67.8 cm³/mol. The first-order valence-corrected chi connectivity index (χ1v) is 7.01. The lowest BCUT2D eigenvalue weighted by Crippen LogP contribution is -2.24. The van der Waals surface area contributed by atoms with Gasteiger partial charge in [0, 0.05) is 28.9 Å². The number of pyridine rings is 1. The zero-order valence-corrected chi connectivity index (χ0v) is 12.3. The number of aryl methyl sites for hydroxylation is 1. The Bertz CT molecular complexity index is 502. The van der Waals surface area contributed by atoms with E-state index in [1.54, 1.807) is 0 Å². The molecule has 1 nitrogen and oxygen atoms in total. The van der Waals surface area contributed by atoms with Gasteiger partial charge < -0.3 is 0 Å². The monoisotopic (exact) mass is 357 g/mol. The summed E-state index contributed by atoms with van der Waals surface area (Å²) in [6.45, 7) is 1.29. The fraction of sp³-hybridized carbons (Fsp3) is 0.615. The van der Waals surface area contributed by atoms with Gasteiger partial charge >= 0.3 is 6.18 Å². The minimum Gasteiger partial charge on any atom is -0.256 e. The Kier molecular flexibility index (Phi) is 4.10. The highest BCUT2D eigenvalue weighted by molar-refractivity contribution is 9.10. The molecule has 0 radical (unpaired) electrons. The SMILES string of the molecule is Cc1nc(C2CCC(F)(F)CC2)c(Br)cc1C(F)(F)F. The second kappa shape index (κ2) is 5.24. The molecule has 0 amide bonds. The maximum Gasteiger partial charge on any atom is 0.418 e. The molecule has 1 fully saturated rings. The van der Waals surface area contributed by atoms with Gasteiger partial charge in [-0.3, -0.25) is 4.98 Å². The third-order valence-electron chi connectivity index (χ3n) is 3.60. The quantitative estimate of drug-likeness (QED) is 0.607. The largest absolute Gasteiger partial charge is 0.418 e. The summed E-state index contributed by atoms with van der Waals surface area (Å²) in [7, 11) is 0. The van der Waals surface area contributed by atoms with Crippen LogP contribution < -0.4 is 0 Å². The zero-order chi connectivity index (χ0) is 15.1. The van der Waals surface area contributed by atoms with Crippen LogP contribution in [-0.2, 0) is 6.18 Å². The van der Waals surface area contributed by atoms with Gasteiger partial charge in [-0.25, -0.2) is 8.78 Å². The first kappa shape index (κ1) is 15.7. The van der Waals surface area contributed by atoms with Gasteiger partial charge in [0.15, 0.2) is 0 Å². The molecule has 112 valence electrons. The topological polar surface area (TPSA) is 12.9 Å². The smallest absolute Gasteiger partial charge is 0.256 e. The minimum atomic E-state index is -4.46. The molecule has 0 spiro atoms. The number of halogens is 6. The van der Waals surface area contributed by atoms with Gasteiger partial charge in [-0.2, -0.15) is 13.2 Å². The van der Waals surface area contributed by atoms with E-state index in [9.17, 15) is 22.0 Å². The highest BCUT2D eigenvalue weighted by Gasteiger charge is 2.38. The van der Waals surface area contributed by atoms with Crippen molar-refractivity contribution in [3.05, 3.63) is 27.5 Å². The van der Waals surface area contributed by atoms with Crippen LogP contribution in [-0.4, -0.2) is 10.9 Å². The van der Waals surface area contributed by atoms with Crippen LogP contribution in [0.1, 0.15) is 48.6 Å². The zero-order valence-electron chi connectivity index (χ0n) is 10.7. The maximum atomic E-state index is 13.1. The van der Waals surface area contributed by atoms with Crippen LogP contribution >= 0.6 is 15.9 Å². The van der Waals surface area contributed by atoms with Gasteiger partial charge in [-0.05, 0) is 41.8 Å². The van der Waals surface area contributed by atoms with Crippen LogP contribution in [0.4, 0.5) is 22.0 Å². The first-order valence-electron chi connectivity index (χ1n) is 6.22. The highest BCUT2D eigenvalue weighted by Crippen LogP contribution is 2.43. The summed E-state index contributed by atoms with van der Waals surface area (Å²) < 4.78 is 64.7. The van der Waals surface area contributed by atoms with Crippen molar-refractivity contribution >= 4 is 15.9 Å². The van der Waals surface area contributed by atoms with Gasteiger partial charge in [0.1, 0.15) is 0 Å². The number of hydrogen-bond acceptors (Lipinski definition) is 1. The first-order chi connectivity index (χ1) is 9.10. The molecule has 20 heavy (non-hydrogen) atoms. The molecule has 1 heterocycles. The third-order valence-corrected chi connectivity index (χ3v) is 4.24. The van der Waals surface area contributed by atoms with E-state index in [0.717, 1.165) is 6.07 Å². The number of rotatable bonds is 1. The molecule has 0 atom stereocenters. The lowest BCUT2D eigenvalue weighted by molar-refractivity contribution is -0.138. The Morgan fingerprint density at radius 2 is 1.80 bits per heavy atom. The molecule has 1 saturated carbocycles. The second-order valence-electron chi connectivity index (χ2n) is 5.12. The van der Waals surface area contributed by atoms with Crippen molar-refractivity contribution < 1.29 is 22.0 Å². The van der Waals surface area contributed by atoms with Crippen molar-refractivity contribution in [3.63, 3.8) is 0 Å². The molecule has 0 saturated heterocycles. The summed E-state index contributed by atoms with van der Waals surface area (Å²) in [4.78, 5) is 4.00. The van der Waals surface area contributed by atoms with Gasteiger partial charge in [0.2, 0.25) is 5.92 Å². The lowest BCUT2D eigenvalue weighted by atomic mass is 9.84. The summed E-state index contributed by atoms with van der Waals surface area (Å²) in [5, 5.41) is 0. The van der Waals surface area contributed by atoms with Crippen LogP contribution in [0, 0.1) is 6.92 Å². The molecule has 1 aromatic heterocycles. The molecule has 1 aromatic rings. The summed E-state index contributed by atoms with van der Waals surface area (Å²) in [5.74, 6) is -2.88. The van der Waals surface area contributed by atoms with E-state index >= 15 is 0 Å². The number of aromatic nitrogens is 1. The Morgan fingerprint density at radius 3 is 2.30 bits per heavy atom. The van der Waals surface area contributed by atoms with Gasteiger partial charge in [-0.15, -0.1) is 0 Å². The van der Waals surface area contributed by atoms with Crippen molar-refractivity contribution in [2.75, 3.05) is 0 Å². The molecule has 2 rings (SSSR count). The average molecular weight is 358 g/mol. The molecule has 0 bridgehead atoms. The molecule has 0 aliphatic heterocycles. The molecular weight excluding hydrogens is 345 g/mol. The Morgan fingerprint density at radius 1 is 1.25 bits per heavy atom. The fourth-order valence-corrected chi connectivity index (χ4v) is 3.13. The van der Waals surface area contributed by atoms with Crippen molar-refractivity contribution in [3.8, 4) is 0 Å². The molecule has 7 heteroatoms. The van der Waals surface area contributed by atoms with E-state index in [0.29, 0.717) is 5.69 Å². The van der Waals surface area contributed by atoms with E-state index in [4.69, 9.17) is 0 Å². The molecule has 0 unspecified atom stereocenters. The Labute approximate surface area is 121 Å². The van der Waals surface area contributed by atoms with Gasteiger partial charge in [0.25, 0.3) is 0 Å². The van der Waals surface area contributed by atoms with Gasteiger partial charge in [0.05, 0.1) is 11.3 Å². The lowest BCUT2D eigenvalue weighted by Gasteiger charge is -2.28. The maximum absolute atomic E-state index is 13.1. The van der Waals surface area contributed by atoms with Crippen molar-refractivity contribution in [2.45, 2.75) is 50.6 Å². The Balaban J connectivity index is 2.29. The van der Waals surface area contributed by atoms with E-state index in [2.05, 4.69) is 20.9 Å². The standard InChI is InChI=1S/C13H13BrF5N/c1-7-9(13(17,18)19)6-10(14)11(20-7)8-2-4-12(15,16)5-3-8/h6,8H,2-5H2,1H3. The molecule has 0 aromatic carbocycles. The number of nitrogens with zero attached hydrogens (tertiary/aromatic N) is 1. The molecular formula is C13H13BrF5N. The summed E-state index contributed by atoms with van der Waals surface area (Å²) in [5.41, 5.74) is -0.465. The van der Waals surface area contributed by atoms with Crippen LogP contribution in [0.2, 0.25) is 0 Å². The average Bonchev–Trinajstić information content (AvgIpc) is 2.30. The normalized spacial score (nSPS) is 20.1. The van der Waals surface area contributed by atoms with E-state index in [-0.39, 0.29) is 41.8 Å². The summed E-state index contributed by atoms with van der Waals surface area (Å²) in [6.07, 6.45) is -4.47. The number of hydrogen-bond donors (Lipinski definition) is 0. The molecule has 0 N–H and O–H groups in total. The van der Waals surface area contributed by atoms with Crippen molar-refractivity contribution in [2.24, 2.45) is 0 Å². The third kappa shape index (κ3) is 3.30. The molecule has 1 aliphatic rings. The van der Waals surface area contributed by atoms with E-state index in [1.165, 1.54) is 6.92 Å². The number of alkyl halides is 5. The molecule has 1 aliphatic carbocycles. The van der Waals surface area contributed by atoms with Crippen molar-refractivity contribution in [1.29, 1.82) is 0 Å². The van der Waals surface area contributed by atoms with E-state index in [1.807, 2.05) is 0 Å². The van der Waals surface area contributed by atoms with Crippen molar-refractivity contribution in [1.82, 2.24) is 4.98 Å². The predicted octanol–water partition coefficient (Wildman–Crippen LogP) is 5.46. The fourth-order valence-electron chi connectivity index (χ4n) is 2.49.